The molecule has 2 heterocycles. The van der Waals surface area contributed by atoms with Gasteiger partial charge in [0, 0.05) is 39.4 Å². The SMILES string of the molecule is CCC.CCC(C)C(C(CC(=O)N1CCCC1C(OC)C(C)C(=O)NC(Cc1ccccc1)c1nccs1)OC)N(C)C(=O)CNC(=O)C(C(C)C)N(C)C. The Morgan fingerprint density at radius 1 is 0.982 bits per heavy atom. The predicted molar refractivity (Wildman–Crippen MR) is 221 cm³/mol. The number of methoxy groups -OCH3 is 2. The molecule has 1 fully saturated rings. The summed E-state index contributed by atoms with van der Waals surface area (Å²) >= 11 is 1.51. The number of amides is 4. The van der Waals surface area contributed by atoms with E-state index in [1.807, 2.05) is 94.2 Å². The molecule has 3 rings (SSSR count). The van der Waals surface area contributed by atoms with Crippen LogP contribution in [0.1, 0.15) is 97.2 Å². The fourth-order valence-electron chi connectivity index (χ4n) is 7.61. The van der Waals surface area contributed by atoms with E-state index in [-0.39, 0.29) is 66.6 Å². The lowest BCUT2D eigenvalue weighted by molar-refractivity contribution is -0.146. The van der Waals surface area contributed by atoms with Crippen molar-refractivity contribution in [1.82, 2.24) is 30.3 Å². The maximum absolute atomic E-state index is 14.1. The highest BCUT2D eigenvalue weighted by Gasteiger charge is 2.42. The van der Waals surface area contributed by atoms with Gasteiger partial charge in [0.15, 0.2) is 0 Å². The number of aromatic nitrogens is 1. The third-order valence-electron chi connectivity index (χ3n) is 10.5. The van der Waals surface area contributed by atoms with Crippen LogP contribution in [-0.2, 0) is 35.1 Å². The van der Waals surface area contributed by atoms with E-state index in [2.05, 4.69) is 29.5 Å². The van der Waals surface area contributed by atoms with Gasteiger partial charge in [0.1, 0.15) is 5.01 Å². The highest BCUT2D eigenvalue weighted by molar-refractivity contribution is 7.09. The van der Waals surface area contributed by atoms with Crippen molar-refractivity contribution in [2.24, 2.45) is 17.8 Å². The Bertz CT molecular complexity index is 1420. The van der Waals surface area contributed by atoms with Crippen LogP contribution in [0.4, 0.5) is 0 Å². The van der Waals surface area contributed by atoms with Gasteiger partial charge < -0.3 is 29.9 Å². The second-order valence-electron chi connectivity index (χ2n) is 15.3. The molecule has 4 amide bonds. The monoisotopic (exact) mass is 787 g/mol. The van der Waals surface area contributed by atoms with Gasteiger partial charge in [-0.2, -0.15) is 0 Å². The first-order chi connectivity index (χ1) is 26.2. The largest absolute Gasteiger partial charge is 0.379 e. The number of likely N-dealkylation sites (tertiary alicyclic amines) is 1. The molecule has 12 nitrogen and oxygen atoms in total. The number of benzene rings is 1. The van der Waals surface area contributed by atoms with Gasteiger partial charge in [-0.15, -0.1) is 11.3 Å². The fourth-order valence-corrected chi connectivity index (χ4v) is 8.30. The number of thiazole rings is 1. The zero-order valence-corrected chi connectivity index (χ0v) is 36.4. The molecule has 55 heavy (non-hydrogen) atoms. The molecule has 0 bridgehead atoms. The lowest BCUT2D eigenvalue weighted by Crippen LogP contribution is -2.55. The zero-order valence-electron chi connectivity index (χ0n) is 35.5. The van der Waals surface area contributed by atoms with E-state index in [9.17, 15) is 19.2 Å². The van der Waals surface area contributed by atoms with Crippen molar-refractivity contribution in [1.29, 1.82) is 0 Å². The Kier molecular flexibility index (Phi) is 21.1. The summed E-state index contributed by atoms with van der Waals surface area (Å²) in [5.74, 6) is -1.19. The average molecular weight is 787 g/mol. The van der Waals surface area contributed by atoms with Gasteiger partial charge in [0.2, 0.25) is 23.6 Å². The number of carbonyl (C=O) groups is 4. The standard InChI is InChI=1S/C39H62N6O6S.C3H8/c1-11-26(4)35(44(8)33(47)24-41-38(49)34(25(2)3)43(6)7)31(50-9)23-32(46)45-20-15-18-30(45)36(51-10)27(5)37(48)42-29(39-40-19-21-52-39)22-28-16-13-12-14-17-28;1-3-2/h12-14,16-17,19,21,25-27,29-31,34-36H,11,15,18,20,22-24H2,1-10H3,(H,41,49)(H,42,48);3H2,1-2H3. The van der Waals surface area contributed by atoms with Gasteiger partial charge in [-0.25, -0.2) is 4.98 Å². The Hall–Kier alpha value is -3.39. The number of hydrogen-bond donors (Lipinski definition) is 2. The number of carbonyl (C=O) groups excluding carboxylic acids is 4. The van der Waals surface area contributed by atoms with Gasteiger partial charge in [-0.05, 0) is 50.8 Å². The minimum Gasteiger partial charge on any atom is -0.379 e. The summed E-state index contributed by atoms with van der Waals surface area (Å²) < 4.78 is 12.0. The van der Waals surface area contributed by atoms with Crippen molar-refractivity contribution in [2.75, 3.05) is 48.5 Å². The Morgan fingerprint density at radius 2 is 1.64 bits per heavy atom. The molecule has 2 N–H and O–H groups in total. The Balaban J connectivity index is 0.00000337. The molecule has 1 aliphatic heterocycles. The molecule has 0 saturated carbocycles. The summed E-state index contributed by atoms with van der Waals surface area (Å²) in [4.78, 5) is 64.2. The van der Waals surface area contributed by atoms with Gasteiger partial charge in [0.25, 0.3) is 0 Å². The number of hydrogen-bond acceptors (Lipinski definition) is 9. The van der Waals surface area contributed by atoms with Crippen molar-refractivity contribution < 1.29 is 28.7 Å². The first-order valence-corrected chi connectivity index (χ1v) is 20.8. The number of ether oxygens (including phenoxy) is 2. The first-order valence-electron chi connectivity index (χ1n) is 19.9. The molecule has 310 valence electrons. The van der Waals surface area contributed by atoms with Crippen LogP contribution in [0.25, 0.3) is 0 Å². The second-order valence-corrected chi connectivity index (χ2v) is 16.3. The van der Waals surface area contributed by atoms with Crippen LogP contribution in [0, 0.1) is 17.8 Å². The molecular weight excluding hydrogens is 717 g/mol. The maximum atomic E-state index is 14.1. The van der Waals surface area contributed by atoms with Crippen molar-refractivity contribution in [3.8, 4) is 0 Å². The van der Waals surface area contributed by atoms with Gasteiger partial charge >= 0.3 is 0 Å². The van der Waals surface area contributed by atoms with Gasteiger partial charge in [-0.1, -0.05) is 91.6 Å². The van der Waals surface area contributed by atoms with E-state index in [0.29, 0.717) is 19.4 Å². The van der Waals surface area contributed by atoms with E-state index in [1.54, 1.807) is 32.4 Å². The smallest absolute Gasteiger partial charge is 0.242 e. The van der Waals surface area contributed by atoms with Crippen LogP contribution in [0.5, 0.6) is 0 Å². The fraction of sp³-hybridized carbons (Fsp3) is 0.690. The minimum absolute atomic E-state index is 0.0130. The van der Waals surface area contributed by atoms with Crippen molar-refractivity contribution >= 4 is 35.0 Å². The molecule has 2 aromatic rings. The Labute approximate surface area is 335 Å². The quantitative estimate of drug-likeness (QED) is 0.178. The van der Waals surface area contributed by atoms with Crippen LogP contribution in [0.15, 0.2) is 41.9 Å². The normalized spacial score (nSPS) is 18.0. The van der Waals surface area contributed by atoms with Gasteiger partial charge in [0.05, 0.1) is 55.3 Å². The lowest BCUT2D eigenvalue weighted by atomic mass is 9.90. The van der Waals surface area contributed by atoms with Crippen LogP contribution >= 0.6 is 11.3 Å². The highest BCUT2D eigenvalue weighted by atomic mass is 32.1. The van der Waals surface area contributed by atoms with Crippen LogP contribution < -0.4 is 10.6 Å². The van der Waals surface area contributed by atoms with Gasteiger partial charge in [-0.3, -0.25) is 24.1 Å². The zero-order chi connectivity index (χ0) is 41.2. The predicted octanol–water partition coefficient (Wildman–Crippen LogP) is 5.58. The molecular formula is C42H70N6O6S. The molecule has 0 radical (unpaired) electrons. The topological polar surface area (TPSA) is 133 Å². The van der Waals surface area contributed by atoms with Crippen LogP contribution in [0.3, 0.4) is 0 Å². The molecule has 1 saturated heterocycles. The molecule has 0 spiro atoms. The minimum atomic E-state index is -0.586. The number of likely N-dealkylation sites (N-methyl/N-ethyl adjacent to an activating group) is 2. The molecule has 13 heteroatoms. The third kappa shape index (κ3) is 13.9. The van der Waals surface area contributed by atoms with E-state index < -0.39 is 24.2 Å². The van der Waals surface area contributed by atoms with E-state index in [4.69, 9.17) is 9.47 Å². The first kappa shape index (κ1) is 47.8. The molecule has 1 aromatic heterocycles. The molecule has 1 aliphatic rings. The average Bonchev–Trinajstić information content (AvgIpc) is 3.87. The van der Waals surface area contributed by atoms with Crippen molar-refractivity contribution in [3.63, 3.8) is 0 Å². The van der Waals surface area contributed by atoms with E-state index in [1.165, 1.54) is 17.8 Å². The lowest BCUT2D eigenvalue weighted by Gasteiger charge is -2.39. The summed E-state index contributed by atoms with van der Waals surface area (Å²) in [6, 6.07) is 8.64. The number of nitrogens with zero attached hydrogens (tertiary/aromatic N) is 4. The summed E-state index contributed by atoms with van der Waals surface area (Å²) in [6.45, 7) is 14.5. The van der Waals surface area contributed by atoms with Crippen molar-refractivity contribution in [3.05, 3.63) is 52.5 Å². The number of nitrogens with one attached hydrogen (secondary N) is 2. The summed E-state index contributed by atoms with van der Waals surface area (Å²) in [6.07, 6.45) is 4.79. The molecule has 8 atom stereocenters. The molecule has 1 aromatic carbocycles. The maximum Gasteiger partial charge on any atom is 0.242 e. The van der Waals surface area contributed by atoms with E-state index in [0.717, 1.165) is 23.4 Å². The third-order valence-corrected chi connectivity index (χ3v) is 11.4. The highest BCUT2D eigenvalue weighted by Crippen LogP contribution is 2.30. The van der Waals surface area contributed by atoms with Crippen molar-refractivity contribution in [2.45, 2.75) is 123 Å². The summed E-state index contributed by atoms with van der Waals surface area (Å²) in [7, 11) is 8.57. The summed E-state index contributed by atoms with van der Waals surface area (Å²) in [5.41, 5.74) is 1.09. The summed E-state index contributed by atoms with van der Waals surface area (Å²) in [5, 5.41) is 8.78. The molecule has 8 unspecified atom stereocenters. The second kappa shape index (κ2) is 24.3. The molecule has 0 aliphatic carbocycles. The van der Waals surface area contributed by atoms with Crippen LogP contribution in [-0.4, -0.2) is 122 Å². The van der Waals surface area contributed by atoms with Crippen LogP contribution in [0.2, 0.25) is 0 Å². The number of rotatable bonds is 20. The Morgan fingerprint density at radius 3 is 2.16 bits per heavy atom. The van der Waals surface area contributed by atoms with E-state index >= 15 is 0 Å².